The molecular weight excluding hydrogens is 176 g/mol. The number of nitrogens with one attached hydrogen (secondary N) is 2. The predicted octanol–water partition coefficient (Wildman–Crippen LogP) is 1.25. The highest BCUT2D eigenvalue weighted by Gasteiger charge is 1.96. The summed E-state index contributed by atoms with van der Waals surface area (Å²) in [6, 6.07) is 0. The summed E-state index contributed by atoms with van der Waals surface area (Å²) < 4.78 is 4.94. The third-order valence-electron chi connectivity index (χ3n) is 2.38. The van der Waals surface area contributed by atoms with E-state index in [1.54, 1.807) is 7.11 Å². The van der Waals surface area contributed by atoms with Crippen molar-refractivity contribution in [1.29, 1.82) is 0 Å². The van der Waals surface area contributed by atoms with Gasteiger partial charge in [0, 0.05) is 13.7 Å². The van der Waals surface area contributed by atoms with Crippen LogP contribution >= 0.6 is 0 Å². The van der Waals surface area contributed by atoms with Crippen molar-refractivity contribution in [2.75, 3.05) is 39.9 Å². The highest BCUT2D eigenvalue weighted by atomic mass is 16.5. The molecule has 1 unspecified atom stereocenters. The minimum Gasteiger partial charge on any atom is -0.383 e. The molecule has 1 atom stereocenters. The van der Waals surface area contributed by atoms with Gasteiger partial charge in [-0.05, 0) is 32.0 Å². The second-order valence-corrected chi connectivity index (χ2v) is 3.81. The molecule has 0 aromatic carbocycles. The summed E-state index contributed by atoms with van der Waals surface area (Å²) in [6.45, 7) is 9.63. The van der Waals surface area contributed by atoms with E-state index < -0.39 is 0 Å². The normalized spacial score (nSPS) is 13.1. The van der Waals surface area contributed by atoms with E-state index in [9.17, 15) is 0 Å². The van der Waals surface area contributed by atoms with Gasteiger partial charge in [0.1, 0.15) is 0 Å². The Morgan fingerprint density at radius 1 is 1.14 bits per heavy atom. The molecule has 0 heterocycles. The van der Waals surface area contributed by atoms with Crippen LogP contribution in [0.5, 0.6) is 0 Å². The zero-order valence-corrected chi connectivity index (χ0v) is 9.94. The molecule has 0 aromatic rings. The van der Waals surface area contributed by atoms with Gasteiger partial charge in [0.25, 0.3) is 0 Å². The molecule has 0 saturated carbocycles. The van der Waals surface area contributed by atoms with Gasteiger partial charge in [-0.25, -0.2) is 0 Å². The number of methoxy groups -OCH3 is 1. The van der Waals surface area contributed by atoms with Crippen molar-refractivity contribution in [2.45, 2.75) is 26.7 Å². The molecule has 0 aliphatic carbocycles. The van der Waals surface area contributed by atoms with Gasteiger partial charge in [0.05, 0.1) is 6.61 Å². The molecule has 0 fully saturated rings. The highest BCUT2D eigenvalue weighted by molar-refractivity contribution is 4.56. The van der Waals surface area contributed by atoms with Crippen LogP contribution < -0.4 is 10.6 Å². The first kappa shape index (κ1) is 13.9. The Labute approximate surface area is 88.6 Å². The molecule has 0 saturated heterocycles. The lowest BCUT2D eigenvalue weighted by molar-refractivity contribution is 0.199. The lowest BCUT2D eigenvalue weighted by atomic mass is 10.1. The smallest absolute Gasteiger partial charge is 0.0587 e. The Morgan fingerprint density at radius 2 is 1.86 bits per heavy atom. The van der Waals surface area contributed by atoms with Crippen LogP contribution in [-0.4, -0.2) is 39.9 Å². The number of hydrogen-bond acceptors (Lipinski definition) is 3. The van der Waals surface area contributed by atoms with Gasteiger partial charge < -0.3 is 15.4 Å². The van der Waals surface area contributed by atoms with Crippen molar-refractivity contribution in [3.8, 4) is 0 Å². The maximum Gasteiger partial charge on any atom is 0.0587 e. The average Bonchev–Trinajstić information content (AvgIpc) is 2.21. The van der Waals surface area contributed by atoms with Gasteiger partial charge in [-0.1, -0.05) is 20.3 Å². The fourth-order valence-corrected chi connectivity index (χ4v) is 1.13. The highest BCUT2D eigenvalue weighted by Crippen LogP contribution is 1.96. The van der Waals surface area contributed by atoms with Crippen molar-refractivity contribution >= 4 is 0 Å². The molecule has 0 aliphatic heterocycles. The Kier molecular flexibility index (Phi) is 10.9. The van der Waals surface area contributed by atoms with Crippen molar-refractivity contribution in [3.63, 3.8) is 0 Å². The van der Waals surface area contributed by atoms with E-state index in [1.807, 2.05) is 0 Å². The van der Waals surface area contributed by atoms with Gasteiger partial charge in [0.2, 0.25) is 0 Å². The fraction of sp³-hybridized carbons (Fsp3) is 1.00. The molecule has 3 heteroatoms. The first-order valence-electron chi connectivity index (χ1n) is 5.71. The summed E-state index contributed by atoms with van der Waals surface area (Å²) in [5.41, 5.74) is 0. The van der Waals surface area contributed by atoms with Crippen molar-refractivity contribution in [3.05, 3.63) is 0 Å². The molecule has 3 nitrogen and oxygen atoms in total. The zero-order chi connectivity index (χ0) is 10.6. The van der Waals surface area contributed by atoms with Gasteiger partial charge in [0.15, 0.2) is 0 Å². The Hall–Kier alpha value is -0.120. The average molecular weight is 202 g/mol. The van der Waals surface area contributed by atoms with Crippen molar-refractivity contribution < 1.29 is 4.74 Å². The van der Waals surface area contributed by atoms with Crippen LogP contribution in [0.25, 0.3) is 0 Å². The van der Waals surface area contributed by atoms with Crippen LogP contribution in [0.3, 0.4) is 0 Å². The van der Waals surface area contributed by atoms with Crippen LogP contribution in [0.15, 0.2) is 0 Å². The minimum atomic E-state index is 0.802. The third-order valence-corrected chi connectivity index (χ3v) is 2.38. The van der Waals surface area contributed by atoms with Gasteiger partial charge in [-0.15, -0.1) is 0 Å². The molecule has 0 bridgehead atoms. The third kappa shape index (κ3) is 9.96. The quantitative estimate of drug-likeness (QED) is 0.523. The molecule has 2 N–H and O–H groups in total. The summed E-state index contributed by atoms with van der Waals surface area (Å²) >= 11 is 0. The summed E-state index contributed by atoms with van der Waals surface area (Å²) in [6.07, 6.45) is 2.46. The molecular formula is C11H26N2O. The van der Waals surface area contributed by atoms with Gasteiger partial charge in [-0.3, -0.25) is 0 Å². The maximum absolute atomic E-state index is 4.94. The van der Waals surface area contributed by atoms with Crippen LogP contribution in [0.2, 0.25) is 0 Å². The Bertz CT molecular complexity index is 109. The molecule has 0 radical (unpaired) electrons. The Balaban J connectivity index is 2.92. The Morgan fingerprint density at radius 3 is 2.50 bits per heavy atom. The number of rotatable bonds is 10. The van der Waals surface area contributed by atoms with Crippen molar-refractivity contribution in [2.24, 2.45) is 5.92 Å². The van der Waals surface area contributed by atoms with Gasteiger partial charge in [-0.2, -0.15) is 0 Å². The molecule has 0 rings (SSSR count). The second kappa shape index (κ2) is 11.0. The summed E-state index contributed by atoms with van der Waals surface area (Å²) in [7, 11) is 1.73. The van der Waals surface area contributed by atoms with Crippen LogP contribution in [-0.2, 0) is 4.74 Å². The lowest BCUT2D eigenvalue weighted by Gasteiger charge is -2.10. The maximum atomic E-state index is 4.94. The standard InChI is InChI=1S/C11H26N2O/c1-4-11(2)10-13-7-5-6-12-8-9-14-3/h11-13H,4-10H2,1-3H3. The van der Waals surface area contributed by atoms with E-state index in [2.05, 4.69) is 24.5 Å². The zero-order valence-electron chi connectivity index (χ0n) is 9.94. The second-order valence-electron chi connectivity index (χ2n) is 3.81. The first-order valence-corrected chi connectivity index (χ1v) is 5.71. The SMILES string of the molecule is CCC(C)CNCCCNCCOC. The van der Waals surface area contributed by atoms with E-state index >= 15 is 0 Å². The summed E-state index contributed by atoms with van der Waals surface area (Å²) in [4.78, 5) is 0. The van der Waals surface area contributed by atoms with Crippen LogP contribution in [0.1, 0.15) is 26.7 Å². The van der Waals surface area contributed by atoms with Crippen molar-refractivity contribution in [1.82, 2.24) is 10.6 Å². The fourth-order valence-electron chi connectivity index (χ4n) is 1.13. The molecule has 0 aromatic heterocycles. The van der Waals surface area contributed by atoms with E-state index in [1.165, 1.54) is 12.8 Å². The van der Waals surface area contributed by atoms with E-state index in [0.29, 0.717) is 0 Å². The largest absolute Gasteiger partial charge is 0.383 e. The first-order chi connectivity index (χ1) is 6.81. The molecule has 0 amide bonds. The minimum absolute atomic E-state index is 0.802. The number of hydrogen-bond donors (Lipinski definition) is 2. The lowest BCUT2D eigenvalue weighted by Crippen LogP contribution is -2.26. The van der Waals surface area contributed by atoms with Crippen LogP contribution in [0.4, 0.5) is 0 Å². The number of ether oxygens (including phenoxy) is 1. The molecule has 0 aliphatic rings. The van der Waals surface area contributed by atoms with E-state index in [4.69, 9.17) is 4.74 Å². The predicted molar refractivity (Wildman–Crippen MR) is 61.7 cm³/mol. The topological polar surface area (TPSA) is 33.3 Å². The molecule has 0 spiro atoms. The molecule has 14 heavy (non-hydrogen) atoms. The van der Waals surface area contributed by atoms with E-state index in [-0.39, 0.29) is 0 Å². The molecule has 86 valence electrons. The summed E-state index contributed by atoms with van der Waals surface area (Å²) in [5, 5.41) is 6.78. The van der Waals surface area contributed by atoms with Crippen LogP contribution in [0, 0.1) is 5.92 Å². The van der Waals surface area contributed by atoms with E-state index in [0.717, 1.165) is 38.7 Å². The monoisotopic (exact) mass is 202 g/mol. The summed E-state index contributed by atoms with van der Waals surface area (Å²) in [5.74, 6) is 0.802. The van der Waals surface area contributed by atoms with Gasteiger partial charge >= 0.3 is 0 Å².